The molecule has 1 saturated carbocycles. The maximum atomic E-state index is 13.6. The van der Waals surface area contributed by atoms with Gasteiger partial charge in [0.25, 0.3) is 0 Å². The Hall–Kier alpha value is -1.91. The highest BCUT2D eigenvalue weighted by molar-refractivity contribution is 5.99. The third-order valence-electron chi connectivity index (χ3n) is 3.88. The topological polar surface area (TPSA) is 50.7 Å². The minimum Gasteiger partial charge on any atom is -0.494 e. The fourth-order valence-electron chi connectivity index (χ4n) is 2.55. The van der Waals surface area contributed by atoms with E-state index in [2.05, 4.69) is 10.5 Å². The molecule has 1 aliphatic carbocycles. The van der Waals surface area contributed by atoms with Gasteiger partial charge in [-0.15, -0.1) is 0 Å². The molecule has 1 N–H and O–H groups in total. The molecule has 1 fully saturated rings. The molecule has 1 aromatic carbocycles. The second-order valence-corrected chi connectivity index (χ2v) is 5.36. The zero-order valence-corrected chi connectivity index (χ0v) is 12.5. The van der Waals surface area contributed by atoms with Crippen LogP contribution in [0, 0.1) is 11.7 Å². The van der Waals surface area contributed by atoms with Crippen LogP contribution in [0.3, 0.4) is 0 Å². The largest absolute Gasteiger partial charge is 0.494 e. The van der Waals surface area contributed by atoms with Crippen LogP contribution in [-0.2, 0) is 4.79 Å². The molecule has 0 aromatic heterocycles. The van der Waals surface area contributed by atoms with Gasteiger partial charge in [-0.25, -0.2) is 9.82 Å². The Morgan fingerprint density at radius 3 is 2.67 bits per heavy atom. The van der Waals surface area contributed by atoms with Gasteiger partial charge < -0.3 is 4.74 Å². The van der Waals surface area contributed by atoms with Crippen molar-refractivity contribution in [3.63, 3.8) is 0 Å². The summed E-state index contributed by atoms with van der Waals surface area (Å²) in [6, 6.07) is 4.62. The summed E-state index contributed by atoms with van der Waals surface area (Å²) < 4.78 is 18.5. The molecule has 114 valence electrons. The van der Waals surface area contributed by atoms with Crippen molar-refractivity contribution < 1.29 is 13.9 Å². The van der Waals surface area contributed by atoms with E-state index in [1.54, 1.807) is 19.1 Å². The summed E-state index contributed by atoms with van der Waals surface area (Å²) in [5, 5.41) is 4.08. The van der Waals surface area contributed by atoms with Gasteiger partial charge in [0.2, 0.25) is 5.91 Å². The summed E-state index contributed by atoms with van der Waals surface area (Å²) in [5.74, 6) is -0.230. The number of hydrazone groups is 1. The minimum absolute atomic E-state index is 0.0389. The first kappa shape index (κ1) is 15.5. The van der Waals surface area contributed by atoms with E-state index in [1.807, 2.05) is 0 Å². The number of carbonyl (C=O) groups excluding carboxylic acids is 1. The highest BCUT2D eigenvalue weighted by Crippen LogP contribution is 2.23. The SMILES string of the molecule is COc1ccc(/C(C)=N\NC(=O)C2CCCCC2)cc1F. The van der Waals surface area contributed by atoms with Crippen molar-refractivity contribution in [1.29, 1.82) is 0 Å². The standard InChI is InChI=1S/C16H21FN2O2/c1-11(13-8-9-15(21-2)14(17)10-13)18-19-16(20)12-6-4-3-5-7-12/h8-10,12H,3-7H2,1-2H3,(H,19,20)/b18-11-. The Morgan fingerprint density at radius 1 is 1.33 bits per heavy atom. The molecule has 0 aliphatic heterocycles. The van der Waals surface area contributed by atoms with Crippen LogP contribution in [0.5, 0.6) is 5.75 Å². The molecule has 4 nitrogen and oxygen atoms in total. The molecule has 1 aromatic rings. The molecular weight excluding hydrogens is 271 g/mol. The van der Waals surface area contributed by atoms with Crippen LogP contribution in [0.15, 0.2) is 23.3 Å². The minimum atomic E-state index is -0.442. The van der Waals surface area contributed by atoms with Gasteiger partial charge in [0.1, 0.15) is 0 Å². The number of hydrogen-bond acceptors (Lipinski definition) is 3. The molecule has 0 unspecified atom stereocenters. The smallest absolute Gasteiger partial charge is 0.243 e. The average Bonchev–Trinajstić information content (AvgIpc) is 2.53. The van der Waals surface area contributed by atoms with Gasteiger partial charge in [0.05, 0.1) is 12.8 Å². The third-order valence-corrected chi connectivity index (χ3v) is 3.88. The number of methoxy groups -OCH3 is 1. The fraction of sp³-hybridized carbons (Fsp3) is 0.500. The van der Waals surface area contributed by atoms with E-state index in [0.717, 1.165) is 25.7 Å². The normalized spacial score (nSPS) is 16.6. The van der Waals surface area contributed by atoms with Crippen molar-refractivity contribution in [1.82, 2.24) is 5.43 Å². The van der Waals surface area contributed by atoms with E-state index in [0.29, 0.717) is 11.3 Å². The number of carbonyl (C=O) groups is 1. The van der Waals surface area contributed by atoms with Crippen LogP contribution in [0.2, 0.25) is 0 Å². The van der Waals surface area contributed by atoms with Gasteiger partial charge in [-0.05, 0) is 38.0 Å². The Bertz CT molecular complexity index is 537. The molecule has 0 spiro atoms. The zero-order valence-electron chi connectivity index (χ0n) is 12.5. The van der Waals surface area contributed by atoms with E-state index in [9.17, 15) is 9.18 Å². The van der Waals surface area contributed by atoms with Gasteiger partial charge in [-0.3, -0.25) is 4.79 Å². The Labute approximate surface area is 124 Å². The van der Waals surface area contributed by atoms with Crippen molar-refractivity contribution in [2.24, 2.45) is 11.0 Å². The lowest BCUT2D eigenvalue weighted by Crippen LogP contribution is -2.29. The van der Waals surface area contributed by atoms with Crippen molar-refractivity contribution >= 4 is 11.6 Å². The molecule has 5 heteroatoms. The second-order valence-electron chi connectivity index (χ2n) is 5.36. The monoisotopic (exact) mass is 292 g/mol. The first-order valence-corrected chi connectivity index (χ1v) is 7.30. The van der Waals surface area contributed by atoms with Crippen molar-refractivity contribution in [2.75, 3.05) is 7.11 Å². The van der Waals surface area contributed by atoms with Crippen molar-refractivity contribution in [2.45, 2.75) is 39.0 Å². The summed E-state index contributed by atoms with van der Waals surface area (Å²) in [6.45, 7) is 1.74. The number of nitrogens with zero attached hydrogens (tertiary/aromatic N) is 1. The summed E-state index contributed by atoms with van der Waals surface area (Å²) >= 11 is 0. The van der Waals surface area contributed by atoms with Crippen LogP contribution < -0.4 is 10.2 Å². The number of amides is 1. The van der Waals surface area contributed by atoms with Gasteiger partial charge in [0, 0.05) is 11.5 Å². The molecule has 0 heterocycles. The molecule has 0 bridgehead atoms. The first-order valence-electron chi connectivity index (χ1n) is 7.30. The van der Waals surface area contributed by atoms with Gasteiger partial charge >= 0.3 is 0 Å². The van der Waals surface area contributed by atoms with Crippen molar-refractivity contribution in [3.8, 4) is 5.75 Å². The lowest BCUT2D eigenvalue weighted by Gasteiger charge is -2.19. The van der Waals surface area contributed by atoms with Gasteiger partial charge in [-0.2, -0.15) is 5.10 Å². The number of hydrogen-bond donors (Lipinski definition) is 1. The number of ether oxygens (including phenoxy) is 1. The van der Waals surface area contributed by atoms with E-state index >= 15 is 0 Å². The molecular formula is C16H21FN2O2. The molecule has 1 aliphatic rings. The van der Waals surface area contributed by atoms with Gasteiger partial charge in [0.15, 0.2) is 11.6 Å². The molecule has 0 radical (unpaired) electrons. The molecule has 0 atom stereocenters. The lowest BCUT2D eigenvalue weighted by atomic mass is 9.89. The van der Waals surface area contributed by atoms with Crippen LogP contribution in [0.1, 0.15) is 44.6 Å². The lowest BCUT2D eigenvalue weighted by molar-refractivity contribution is -0.125. The van der Waals surface area contributed by atoms with E-state index in [4.69, 9.17) is 4.74 Å². The Morgan fingerprint density at radius 2 is 2.05 bits per heavy atom. The van der Waals surface area contributed by atoms with Gasteiger partial charge in [-0.1, -0.05) is 19.3 Å². The molecule has 21 heavy (non-hydrogen) atoms. The first-order chi connectivity index (χ1) is 10.1. The predicted molar refractivity (Wildman–Crippen MR) is 79.9 cm³/mol. The molecule has 2 rings (SSSR count). The number of halogens is 1. The fourth-order valence-corrected chi connectivity index (χ4v) is 2.55. The van der Waals surface area contributed by atoms with E-state index in [-0.39, 0.29) is 17.6 Å². The highest BCUT2D eigenvalue weighted by atomic mass is 19.1. The van der Waals surface area contributed by atoms with E-state index < -0.39 is 5.82 Å². The van der Waals surface area contributed by atoms with Crippen LogP contribution >= 0.6 is 0 Å². The molecule has 1 amide bonds. The Kier molecular flexibility index (Phi) is 5.31. The van der Waals surface area contributed by atoms with Crippen molar-refractivity contribution in [3.05, 3.63) is 29.6 Å². The van der Waals surface area contributed by atoms with Crippen LogP contribution in [0.4, 0.5) is 4.39 Å². The summed E-state index contributed by atoms with van der Waals surface area (Å²) in [4.78, 5) is 12.0. The quantitative estimate of drug-likeness (QED) is 0.684. The maximum absolute atomic E-state index is 13.6. The second kappa shape index (κ2) is 7.20. The summed E-state index contributed by atoms with van der Waals surface area (Å²) in [6.07, 6.45) is 5.27. The van der Waals surface area contributed by atoms with Crippen LogP contribution in [0.25, 0.3) is 0 Å². The zero-order chi connectivity index (χ0) is 15.2. The highest BCUT2D eigenvalue weighted by Gasteiger charge is 2.20. The summed E-state index contributed by atoms with van der Waals surface area (Å²) in [5.41, 5.74) is 3.79. The van der Waals surface area contributed by atoms with E-state index in [1.165, 1.54) is 19.6 Å². The van der Waals surface area contributed by atoms with Crippen LogP contribution in [-0.4, -0.2) is 18.7 Å². The average molecular weight is 292 g/mol. The maximum Gasteiger partial charge on any atom is 0.243 e. The molecule has 0 saturated heterocycles. The number of nitrogens with one attached hydrogen (secondary N) is 1. The third kappa shape index (κ3) is 4.03. The Balaban J connectivity index is 2.00. The number of benzene rings is 1. The predicted octanol–water partition coefficient (Wildman–Crippen LogP) is 3.25. The number of rotatable bonds is 4. The summed E-state index contributed by atoms with van der Waals surface area (Å²) in [7, 11) is 1.42.